The van der Waals surface area contributed by atoms with Crippen LogP contribution in [0.1, 0.15) is 58.3 Å². The van der Waals surface area contributed by atoms with Crippen LogP contribution in [0.25, 0.3) is 0 Å². The van der Waals surface area contributed by atoms with Gasteiger partial charge in [-0.05, 0) is 148 Å². The normalized spacial score (nSPS) is 11.8. The Hall–Kier alpha value is -1.99. The van der Waals surface area contributed by atoms with Crippen LogP contribution in [0.2, 0.25) is 5.02 Å². The monoisotopic (exact) mass is 625 g/mol. The first kappa shape index (κ1) is 39.0. The topological polar surface area (TPSA) is 162 Å². The molecule has 0 saturated heterocycles. The maximum Gasteiger partial charge on any atom is 0.242 e. The molecule has 0 aliphatic heterocycles. The van der Waals surface area contributed by atoms with E-state index in [1.165, 1.54) is 0 Å². The quantitative estimate of drug-likeness (QED) is 0.0611. The first-order valence-electron chi connectivity index (χ1n) is 16.3. The van der Waals surface area contributed by atoms with Gasteiger partial charge >= 0.3 is 0 Å². The summed E-state index contributed by atoms with van der Waals surface area (Å²) in [4.78, 5) is 27.6. The van der Waals surface area contributed by atoms with Gasteiger partial charge in [0, 0.05) is 23.8 Å². The third-order valence-electron chi connectivity index (χ3n) is 7.03. The number of nitrogens with two attached hydrogens (primary N) is 2. The Labute approximate surface area is 265 Å². The van der Waals surface area contributed by atoms with Crippen LogP contribution in [-0.4, -0.2) is 103 Å². The third-order valence-corrected chi connectivity index (χ3v) is 7.28. The van der Waals surface area contributed by atoms with Crippen LogP contribution in [-0.2, 0) is 9.59 Å². The molecule has 10 N–H and O–H groups in total. The Kier molecular flexibility index (Phi) is 25.0. The van der Waals surface area contributed by atoms with Crippen LogP contribution in [0, 0.1) is 0 Å². The minimum atomic E-state index is -0.516. The minimum Gasteiger partial charge on any atom is -0.355 e. The Morgan fingerprint density at radius 1 is 0.651 bits per heavy atom. The molecule has 11 nitrogen and oxygen atoms in total. The summed E-state index contributed by atoms with van der Waals surface area (Å²) in [7, 11) is 0. The van der Waals surface area contributed by atoms with Gasteiger partial charge in [-0.15, -0.1) is 0 Å². The molecule has 0 unspecified atom stereocenters. The average molecular weight is 626 g/mol. The number of hydrogen-bond donors (Lipinski definition) is 8. The van der Waals surface area contributed by atoms with Crippen molar-refractivity contribution in [1.82, 2.24) is 31.9 Å². The number of nitrogens with zero attached hydrogens (tertiary/aromatic N) is 1. The SMILES string of the molecule is C[C@H](C(=O)NCCCNCCCCNCCCN)N(CC(=O)NCCCNCCCCNCCCN)c1ccc(Cl)cc1. The molecule has 1 aromatic carbocycles. The van der Waals surface area contributed by atoms with Crippen molar-refractivity contribution < 1.29 is 9.59 Å². The molecule has 0 bridgehead atoms. The number of halogens is 1. The van der Waals surface area contributed by atoms with Crippen molar-refractivity contribution in [1.29, 1.82) is 0 Å². The van der Waals surface area contributed by atoms with Crippen molar-refractivity contribution in [2.75, 3.05) is 90.0 Å². The number of rotatable bonds is 29. The van der Waals surface area contributed by atoms with Crippen molar-refractivity contribution in [2.24, 2.45) is 11.5 Å². The maximum atomic E-state index is 13.0. The molecule has 248 valence electrons. The first-order valence-corrected chi connectivity index (χ1v) is 16.7. The Morgan fingerprint density at radius 2 is 1.07 bits per heavy atom. The van der Waals surface area contributed by atoms with Crippen molar-refractivity contribution in [3.05, 3.63) is 29.3 Å². The van der Waals surface area contributed by atoms with E-state index in [1.807, 2.05) is 24.0 Å². The van der Waals surface area contributed by atoms with Gasteiger partial charge in [-0.2, -0.15) is 0 Å². The second kappa shape index (κ2) is 27.6. The molecule has 12 heteroatoms. The smallest absolute Gasteiger partial charge is 0.242 e. The number of anilines is 1. The van der Waals surface area contributed by atoms with Crippen molar-refractivity contribution in [3.63, 3.8) is 0 Å². The predicted octanol–water partition coefficient (Wildman–Crippen LogP) is 1.16. The summed E-state index contributed by atoms with van der Waals surface area (Å²) in [5.74, 6) is -0.220. The summed E-state index contributed by atoms with van der Waals surface area (Å²) < 4.78 is 0. The Bertz CT molecular complexity index is 817. The fourth-order valence-electron chi connectivity index (χ4n) is 4.40. The molecule has 0 aromatic heterocycles. The summed E-state index contributed by atoms with van der Waals surface area (Å²) in [6.45, 7) is 12.2. The lowest BCUT2D eigenvalue weighted by Gasteiger charge is -2.30. The molecule has 43 heavy (non-hydrogen) atoms. The van der Waals surface area contributed by atoms with Crippen molar-refractivity contribution >= 4 is 29.1 Å². The van der Waals surface area contributed by atoms with E-state index < -0.39 is 6.04 Å². The van der Waals surface area contributed by atoms with E-state index in [-0.39, 0.29) is 18.4 Å². The number of benzene rings is 1. The number of carbonyl (C=O) groups excluding carboxylic acids is 2. The second-order valence-corrected chi connectivity index (χ2v) is 11.3. The fourth-order valence-corrected chi connectivity index (χ4v) is 4.53. The molecule has 0 radical (unpaired) electrons. The van der Waals surface area contributed by atoms with E-state index in [9.17, 15) is 9.59 Å². The highest BCUT2D eigenvalue weighted by Gasteiger charge is 2.23. The standard InChI is InChI=1S/C31H60ClN9O2/c1-27(31(43)40-25-9-23-38-19-5-3-17-36-21-7-15-34)41(29-12-10-28(32)11-13-29)26-30(42)39-24-8-22-37-18-4-2-16-35-20-6-14-33/h10-13,27,35-38H,2-9,14-26,33-34H2,1H3,(H,39,42)(H,40,43)/t27-/m1/s1. The largest absolute Gasteiger partial charge is 0.355 e. The highest BCUT2D eigenvalue weighted by Crippen LogP contribution is 2.20. The third kappa shape index (κ3) is 21.4. The van der Waals surface area contributed by atoms with Crippen LogP contribution in [0.3, 0.4) is 0 Å². The van der Waals surface area contributed by atoms with E-state index in [4.69, 9.17) is 23.1 Å². The van der Waals surface area contributed by atoms with Crippen LogP contribution in [0.5, 0.6) is 0 Å². The molecule has 0 fully saturated rings. The molecule has 0 heterocycles. The molecular formula is C31H60ClN9O2. The van der Waals surface area contributed by atoms with Crippen LogP contribution < -0.4 is 48.3 Å². The highest BCUT2D eigenvalue weighted by molar-refractivity contribution is 6.30. The molecule has 2 amide bonds. The van der Waals surface area contributed by atoms with Crippen LogP contribution in [0.15, 0.2) is 24.3 Å². The van der Waals surface area contributed by atoms with Gasteiger partial charge in [0.2, 0.25) is 11.8 Å². The van der Waals surface area contributed by atoms with E-state index in [0.29, 0.717) is 18.1 Å². The summed E-state index contributed by atoms with van der Waals surface area (Å²) in [5, 5.41) is 20.3. The van der Waals surface area contributed by atoms with Crippen LogP contribution >= 0.6 is 11.6 Å². The van der Waals surface area contributed by atoms with Gasteiger partial charge in [-0.25, -0.2) is 0 Å². The second-order valence-electron chi connectivity index (χ2n) is 10.8. The number of nitrogens with one attached hydrogen (secondary N) is 6. The molecule has 1 aromatic rings. The summed E-state index contributed by atoms with van der Waals surface area (Å²) in [6.07, 6.45) is 8.20. The summed E-state index contributed by atoms with van der Waals surface area (Å²) >= 11 is 6.09. The summed E-state index contributed by atoms with van der Waals surface area (Å²) in [5.41, 5.74) is 11.8. The lowest BCUT2D eigenvalue weighted by Crippen LogP contribution is -2.49. The molecular weight excluding hydrogens is 566 g/mol. The van der Waals surface area contributed by atoms with Crippen molar-refractivity contribution in [3.8, 4) is 0 Å². The minimum absolute atomic E-state index is 0.0867. The number of hydrogen-bond acceptors (Lipinski definition) is 9. The maximum absolute atomic E-state index is 13.0. The van der Waals surface area contributed by atoms with Gasteiger partial charge in [0.15, 0.2) is 0 Å². The van der Waals surface area contributed by atoms with Gasteiger partial charge in [0.1, 0.15) is 6.04 Å². The molecule has 1 rings (SSSR count). The van der Waals surface area contributed by atoms with E-state index in [0.717, 1.165) is 123 Å². The predicted molar refractivity (Wildman–Crippen MR) is 181 cm³/mol. The van der Waals surface area contributed by atoms with Gasteiger partial charge in [-0.3, -0.25) is 9.59 Å². The van der Waals surface area contributed by atoms with Gasteiger partial charge in [0.25, 0.3) is 0 Å². The van der Waals surface area contributed by atoms with Crippen LogP contribution in [0.4, 0.5) is 5.69 Å². The Balaban J connectivity index is 2.30. The number of carbonyl (C=O) groups is 2. The zero-order valence-electron chi connectivity index (χ0n) is 26.5. The highest BCUT2D eigenvalue weighted by atomic mass is 35.5. The molecule has 0 aliphatic rings. The lowest BCUT2D eigenvalue weighted by molar-refractivity contribution is -0.122. The Morgan fingerprint density at radius 3 is 1.53 bits per heavy atom. The fraction of sp³-hybridized carbons (Fsp3) is 0.742. The molecule has 0 saturated carbocycles. The lowest BCUT2D eigenvalue weighted by atomic mass is 10.2. The number of unbranched alkanes of at least 4 members (excludes halogenated alkanes) is 2. The summed E-state index contributed by atoms with van der Waals surface area (Å²) in [6, 6.07) is 6.72. The zero-order valence-corrected chi connectivity index (χ0v) is 27.3. The van der Waals surface area contributed by atoms with Gasteiger partial charge in [0.05, 0.1) is 6.54 Å². The zero-order chi connectivity index (χ0) is 31.4. The van der Waals surface area contributed by atoms with Crippen molar-refractivity contribution in [2.45, 2.75) is 64.3 Å². The molecule has 0 aliphatic carbocycles. The van der Waals surface area contributed by atoms with E-state index >= 15 is 0 Å². The average Bonchev–Trinajstić information content (AvgIpc) is 3.01. The van der Waals surface area contributed by atoms with Gasteiger partial charge in [-0.1, -0.05) is 11.6 Å². The molecule has 0 spiro atoms. The first-order chi connectivity index (χ1) is 21.0. The van der Waals surface area contributed by atoms with E-state index in [1.54, 1.807) is 12.1 Å². The number of amides is 2. The molecule has 1 atom stereocenters. The van der Waals surface area contributed by atoms with E-state index in [2.05, 4.69) is 31.9 Å². The van der Waals surface area contributed by atoms with Gasteiger partial charge < -0.3 is 48.3 Å².